The van der Waals surface area contributed by atoms with Crippen molar-refractivity contribution in [3.05, 3.63) is 68.7 Å². The van der Waals surface area contributed by atoms with E-state index in [1.54, 1.807) is 24.3 Å². The number of nitrogens with zero attached hydrogens (tertiary/aromatic N) is 3. The highest BCUT2D eigenvalue weighted by molar-refractivity contribution is 7.89. The first-order valence-corrected chi connectivity index (χ1v) is 11.7. The Bertz CT molecular complexity index is 1230. The van der Waals surface area contributed by atoms with Gasteiger partial charge in [0.1, 0.15) is 10.7 Å². The second-order valence-corrected chi connectivity index (χ2v) is 9.82. The maximum absolute atomic E-state index is 13.0. The smallest absolute Gasteiger partial charge is 0.258 e. The lowest BCUT2D eigenvalue weighted by Crippen LogP contribution is -2.49. The van der Waals surface area contributed by atoms with E-state index in [1.807, 2.05) is 13.0 Å². The third-order valence-corrected chi connectivity index (χ3v) is 8.22. The molecule has 0 amide bonds. The lowest BCUT2D eigenvalue weighted by molar-refractivity contribution is 0.141. The van der Waals surface area contributed by atoms with Crippen LogP contribution < -0.4 is 5.56 Å². The van der Waals surface area contributed by atoms with Gasteiger partial charge in [-0.15, -0.1) is 0 Å². The van der Waals surface area contributed by atoms with Crippen LogP contribution in [0.1, 0.15) is 18.8 Å². The molecule has 30 heavy (non-hydrogen) atoms. The molecule has 158 valence electrons. The van der Waals surface area contributed by atoms with E-state index >= 15 is 0 Å². The molecule has 1 aromatic heterocycles. The Labute approximate surface area is 184 Å². The molecule has 4 rings (SSSR count). The fourth-order valence-corrected chi connectivity index (χ4v) is 6.18. The summed E-state index contributed by atoms with van der Waals surface area (Å²) in [5.74, 6) is 0.559. The van der Waals surface area contributed by atoms with Gasteiger partial charge in [-0.25, -0.2) is 13.4 Å². The Balaban J connectivity index is 1.53. The third-order valence-electron chi connectivity index (χ3n) is 5.36. The van der Waals surface area contributed by atoms with Gasteiger partial charge < -0.3 is 4.98 Å². The molecular formula is C20H20Cl2N4O3S. The summed E-state index contributed by atoms with van der Waals surface area (Å²) in [4.78, 5) is 21.8. The number of aromatic nitrogens is 2. The standard InChI is InChI=1S/C20H20Cl2N4O3S/c1-13(19-23-17-8-3-2-5-14(17)20(27)24-19)25-9-11-26(12-10-25)30(28,29)18-15(21)6-4-7-16(18)22/h2-8,13H,9-12H2,1H3,(H,23,24,27)/t13-/m0/s1. The summed E-state index contributed by atoms with van der Waals surface area (Å²) in [6, 6.07) is 11.6. The third kappa shape index (κ3) is 3.86. The summed E-state index contributed by atoms with van der Waals surface area (Å²) in [6.45, 7) is 3.48. The molecule has 1 atom stereocenters. The largest absolute Gasteiger partial charge is 0.309 e. The van der Waals surface area contributed by atoms with Crippen molar-refractivity contribution < 1.29 is 8.42 Å². The topological polar surface area (TPSA) is 86.4 Å². The average molecular weight is 467 g/mol. The number of hydrogen-bond donors (Lipinski definition) is 1. The lowest BCUT2D eigenvalue weighted by atomic mass is 10.2. The quantitative estimate of drug-likeness (QED) is 0.637. The van der Waals surface area contributed by atoms with E-state index in [0.29, 0.717) is 29.8 Å². The molecule has 2 aromatic carbocycles. The molecule has 0 unspecified atom stereocenters. The van der Waals surface area contributed by atoms with E-state index in [-0.39, 0.29) is 39.6 Å². The van der Waals surface area contributed by atoms with Crippen molar-refractivity contribution in [2.45, 2.75) is 17.9 Å². The van der Waals surface area contributed by atoms with Crippen LogP contribution in [0.4, 0.5) is 0 Å². The van der Waals surface area contributed by atoms with Gasteiger partial charge in [-0.05, 0) is 31.2 Å². The number of sulfonamides is 1. The summed E-state index contributed by atoms with van der Waals surface area (Å²) in [6.07, 6.45) is 0. The van der Waals surface area contributed by atoms with Crippen molar-refractivity contribution >= 4 is 44.1 Å². The first-order valence-electron chi connectivity index (χ1n) is 9.46. The molecule has 1 fully saturated rings. The first kappa shape index (κ1) is 21.3. The highest BCUT2D eigenvalue weighted by atomic mass is 35.5. The fraction of sp³-hybridized carbons (Fsp3) is 0.300. The summed E-state index contributed by atoms with van der Waals surface area (Å²) >= 11 is 12.2. The van der Waals surface area contributed by atoms with Gasteiger partial charge in [-0.2, -0.15) is 4.31 Å². The maximum atomic E-state index is 13.0. The zero-order valence-electron chi connectivity index (χ0n) is 16.2. The zero-order valence-corrected chi connectivity index (χ0v) is 18.5. The van der Waals surface area contributed by atoms with Crippen LogP contribution in [-0.4, -0.2) is 53.8 Å². The van der Waals surface area contributed by atoms with Crippen LogP contribution in [0.25, 0.3) is 10.9 Å². The highest BCUT2D eigenvalue weighted by Crippen LogP contribution is 2.32. The van der Waals surface area contributed by atoms with Crippen molar-refractivity contribution in [1.29, 1.82) is 0 Å². The van der Waals surface area contributed by atoms with Gasteiger partial charge in [0.15, 0.2) is 0 Å². The van der Waals surface area contributed by atoms with E-state index in [0.717, 1.165) is 0 Å². The summed E-state index contributed by atoms with van der Waals surface area (Å²) in [5.41, 5.74) is 0.453. The molecule has 1 saturated heterocycles. The minimum absolute atomic E-state index is 0.0599. The van der Waals surface area contributed by atoms with Gasteiger partial charge in [0, 0.05) is 26.2 Å². The van der Waals surface area contributed by atoms with Crippen LogP contribution in [-0.2, 0) is 10.0 Å². The molecule has 2 heterocycles. The molecule has 0 spiro atoms. The van der Waals surface area contributed by atoms with Crippen molar-refractivity contribution in [2.75, 3.05) is 26.2 Å². The number of rotatable bonds is 4. The Hall–Kier alpha value is -1.97. The van der Waals surface area contributed by atoms with Gasteiger partial charge in [0.2, 0.25) is 10.0 Å². The first-order chi connectivity index (χ1) is 14.3. The SMILES string of the molecule is C[C@@H](c1nc2ccccc2c(=O)[nH]1)N1CCN(S(=O)(=O)c2c(Cl)cccc2Cl)CC1. The van der Waals surface area contributed by atoms with Gasteiger partial charge in [0.05, 0.1) is 27.0 Å². The second-order valence-electron chi connectivity index (χ2n) is 7.14. The molecule has 3 aromatic rings. The molecule has 0 bridgehead atoms. The van der Waals surface area contributed by atoms with Crippen LogP contribution in [0.2, 0.25) is 10.0 Å². The number of benzene rings is 2. The molecule has 10 heteroatoms. The van der Waals surface area contributed by atoms with E-state index < -0.39 is 10.0 Å². The van der Waals surface area contributed by atoms with Crippen LogP contribution >= 0.6 is 23.2 Å². The zero-order chi connectivity index (χ0) is 21.5. The Morgan fingerprint density at radius 2 is 1.63 bits per heavy atom. The van der Waals surface area contributed by atoms with Gasteiger partial charge in [-0.1, -0.05) is 41.4 Å². The Morgan fingerprint density at radius 3 is 2.30 bits per heavy atom. The maximum Gasteiger partial charge on any atom is 0.258 e. The van der Waals surface area contributed by atoms with Crippen LogP contribution in [0.5, 0.6) is 0 Å². The van der Waals surface area contributed by atoms with Gasteiger partial charge in [-0.3, -0.25) is 9.69 Å². The van der Waals surface area contributed by atoms with Crippen LogP contribution in [0, 0.1) is 0 Å². The highest BCUT2D eigenvalue weighted by Gasteiger charge is 2.33. The minimum Gasteiger partial charge on any atom is -0.309 e. The molecule has 0 radical (unpaired) electrons. The molecular weight excluding hydrogens is 447 g/mol. The monoisotopic (exact) mass is 466 g/mol. The van der Waals surface area contributed by atoms with Crippen LogP contribution in [0.15, 0.2) is 52.2 Å². The summed E-state index contributed by atoms with van der Waals surface area (Å²) in [7, 11) is -3.80. The normalized spacial score (nSPS) is 17.3. The number of halogens is 2. The number of fused-ring (bicyclic) bond motifs is 1. The molecule has 1 aliphatic heterocycles. The lowest BCUT2D eigenvalue weighted by Gasteiger charge is -2.37. The van der Waals surface area contributed by atoms with E-state index in [4.69, 9.17) is 23.2 Å². The van der Waals surface area contributed by atoms with E-state index in [9.17, 15) is 13.2 Å². The Morgan fingerprint density at radius 1 is 1.00 bits per heavy atom. The van der Waals surface area contributed by atoms with E-state index in [2.05, 4.69) is 14.9 Å². The number of hydrogen-bond acceptors (Lipinski definition) is 5. The number of para-hydroxylation sites is 1. The summed E-state index contributed by atoms with van der Waals surface area (Å²) < 4.78 is 27.5. The number of H-pyrrole nitrogens is 1. The number of piperazine rings is 1. The van der Waals surface area contributed by atoms with Gasteiger partial charge >= 0.3 is 0 Å². The number of aromatic amines is 1. The molecule has 1 N–H and O–H groups in total. The predicted molar refractivity (Wildman–Crippen MR) is 118 cm³/mol. The molecule has 0 saturated carbocycles. The Kier molecular flexibility index (Phi) is 5.87. The van der Waals surface area contributed by atoms with Crippen molar-refractivity contribution in [3.63, 3.8) is 0 Å². The molecule has 1 aliphatic rings. The summed E-state index contributed by atoms with van der Waals surface area (Å²) in [5, 5.41) is 0.758. The fourth-order valence-electron chi connectivity index (χ4n) is 3.66. The van der Waals surface area contributed by atoms with Crippen molar-refractivity contribution in [2.24, 2.45) is 0 Å². The van der Waals surface area contributed by atoms with Crippen molar-refractivity contribution in [1.82, 2.24) is 19.2 Å². The average Bonchev–Trinajstić information content (AvgIpc) is 2.73. The second kappa shape index (κ2) is 8.28. The van der Waals surface area contributed by atoms with Gasteiger partial charge in [0.25, 0.3) is 5.56 Å². The van der Waals surface area contributed by atoms with Crippen molar-refractivity contribution in [3.8, 4) is 0 Å². The van der Waals surface area contributed by atoms with E-state index in [1.165, 1.54) is 16.4 Å². The molecule has 7 nitrogen and oxygen atoms in total. The molecule has 0 aliphatic carbocycles. The number of nitrogens with one attached hydrogen (secondary N) is 1. The predicted octanol–water partition coefficient (Wildman–Crippen LogP) is 3.30. The van der Waals surface area contributed by atoms with Crippen LogP contribution in [0.3, 0.4) is 0 Å². The minimum atomic E-state index is -3.80.